The quantitative estimate of drug-likeness (QED) is 0.626. The van der Waals surface area contributed by atoms with E-state index in [0.29, 0.717) is 6.54 Å². The Bertz CT molecular complexity index is 538. The van der Waals surface area contributed by atoms with E-state index in [2.05, 4.69) is 9.97 Å². The molecule has 0 aliphatic rings. The normalized spacial score (nSPS) is 10.1. The van der Waals surface area contributed by atoms with Crippen molar-refractivity contribution in [3.63, 3.8) is 0 Å². The number of nitrogens with one attached hydrogen (secondary N) is 1. The standard InChI is InChI=1S/C13H15N5/c1-18(9-12-16-7-4-8-17-12)11-6-3-2-5-10(11)13(14)15/h2-8H,9H2,1H3,(H3,14,15). The molecule has 0 bridgehead atoms. The first-order chi connectivity index (χ1) is 8.68. The first-order valence-corrected chi connectivity index (χ1v) is 5.59. The highest BCUT2D eigenvalue weighted by Crippen LogP contribution is 2.19. The summed E-state index contributed by atoms with van der Waals surface area (Å²) in [7, 11) is 1.93. The van der Waals surface area contributed by atoms with Crippen LogP contribution in [0.15, 0.2) is 42.7 Å². The van der Waals surface area contributed by atoms with Crippen molar-refractivity contribution in [3.05, 3.63) is 54.1 Å². The molecule has 1 heterocycles. The van der Waals surface area contributed by atoms with Gasteiger partial charge in [0.05, 0.1) is 6.54 Å². The molecule has 18 heavy (non-hydrogen) atoms. The van der Waals surface area contributed by atoms with Crippen molar-refractivity contribution < 1.29 is 0 Å². The molecular formula is C13H15N5. The molecular weight excluding hydrogens is 226 g/mol. The Morgan fingerprint density at radius 2 is 1.89 bits per heavy atom. The predicted molar refractivity (Wildman–Crippen MR) is 71.6 cm³/mol. The first kappa shape index (κ1) is 12.0. The van der Waals surface area contributed by atoms with E-state index in [-0.39, 0.29) is 5.84 Å². The third-order valence-corrected chi connectivity index (χ3v) is 2.60. The van der Waals surface area contributed by atoms with Gasteiger partial charge in [-0.3, -0.25) is 5.41 Å². The van der Waals surface area contributed by atoms with Gasteiger partial charge in [-0.15, -0.1) is 0 Å². The number of para-hydroxylation sites is 1. The highest BCUT2D eigenvalue weighted by Gasteiger charge is 2.10. The maximum atomic E-state index is 7.57. The van der Waals surface area contributed by atoms with Crippen LogP contribution in [0, 0.1) is 5.41 Å². The summed E-state index contributed by atoms with van der Waals surface area (Å²) in [6, 6.07) is 9.34. The minimum Gasteiger partial charge on any atom is -0.384 e. The van der Waals surface area contributed by atoms with Crippen molar-refractivity contribution in [3.8, 4) is 0 Å². The number of aromatic nitrogens is 2. The topological polar surface area (TPSA) is 78.9 Å². The molecule has 0 spiro atoms. The SMILES string of the molecule is CN(Cc1ncccn1)c1ccccc1C(=N)N. The Kier molecular flexibility index (Phi) is 3.52. The van der Waals surface area contributed by atoms with Crippen LogP contribution in [0.1, 0.15) is 11.4 Å². The molecule has 92 valence electrons. The summed E-state index contributed by atoms with van der Waals surface area (Å²) in [6.07, 6.45) is 3.43. The van der Waals surface area contributed by atoms with Crippen molar-refractivity contribution in [2.75, 3.05) is 11.9 Å². The highest BCUT2D eigenvalue weighted by molar-refractivity contribution is 6.00. The van der Waals surface area contributed by atoms with Crippen LogP contribution in [-0.4, -0.2) is 22.9 Å². The maximum Gasteiger partial charge on any atom is 0.147 e. The number of hydrogen-bond acceptors (Lipinski definition) is 4. The van der Waals surface area contributed by atoms with Crippen molar-refractivity contribution in [1.82, 2.24) is 9.97 Å². The fraction of sp³-hybridized carbons (Fsp3) is 0.154. The molecule has 5 nitrogen and oxygen atoms in total. The summed E-state index contributed by atoms with van der Waals surface area (Å²) in [5.74, 6) is 0.796. The lowest BCUT2D eigenvalue weighted by atomic mass is 10.1. The number of benzene rings is 1. The van der Waals surface area contributed by atoms with E-state index in [0.717, 1.165) is 17.1 Å². The third kappa shape index (κ3) is 2.63. The van der Waals surface area contributed by atoms with Crippen LogP contribution in [0.3, 0.4) is 0 Å². The van der Waals surface area contributed by atoms with E-state index in [1.165, 1.54) is 0 Å². The van der Waals surface area contributed by atoms with Crippen LogP contribution in [0.5, 0.6) is 0 Å². The largest absolute Gasteiger partial charge is 0.384 e. The summed E-state index contributed by atoms with van der Waals surface area (Å²) in [4.78, 5) is 10.3. The summed E-state index contributed by atoms with van der Waals surface area (Å²) < 4.78 is 0. The van der Waals surface area contributed by atoms with Crippen LogP contribution in [0.25, 0.3) is 0 Å². The number of anilines is 1. The van der Waals surface area contributed by atoms with Crippen LogP contribution >= 0.6 is 0 Å². The molecule has 0 saturated carbocycles. The molecule has 1 aromatic heterocycles. The molecule has 3 N–H and O–H groups in total. The minimum atomic E-state index is 0.0615. The monoisotopic (exact) mass is 241 g/mol. The second kappa shape index (κ2) is 5.27. The lowest BCUT2D eigenvalue weighted by Crippen LogP contribution is -2.22. The van der Waals surface area contributed by atoms with Gasteiger partial charge in [0.15, 0.2) is 0 Å². The van der Waals surface area contributed by atoms with Crippen molar-refractivity contribution in [2.45, 2.75) is 6.54 Å². The van der Waals surface area contributed by atoms with E-state index in [9.17, 15) is 0 Å². The molecule has 0 atom stereocenters. The smallest absolute Gasteiger partial charge is 0.147 e. The van der Waals surface area contributed by atoms with Gasteiger partial charge in [-0.1, -0.05) is 12.1 Å². The van der Waals surface area contributed by atoms with E-state index in [4.69, 9.17) is 11.1 Å². The van der Waals surface area contributed by atoms with E-state index < -0.39 is 0 Å². The molecule has 0 saturated heterocycles. The van der Waals surface area contributed by atoms with Gasteiger partial charge in [-0.05, 0) is 18.2 Å². The summed E-state index contributed by atoms with van der Waals surface area (Å²) >= 11 is 0. The van der Waals surface area contributed by atoms with Crippen LogP contribution < -0.4 is 10.6 Å². The number of amidine groups is 1. The van der Waals surface area contributed by atoms with Crippen LogP contribution in [0.4, 0.5) is 5.69 Å². The first-order valence-electron chi connectivity index (χ1n) is 5.59. The van der Waals surface area contributed by atoms with Gasteiger partial charge < -0.3 is 10.6 Å². The van der Waals surface area contributed by atoms with Crippen LogP contribution in [-0.2, 0) is 6.54 Å². The second-order valence-corrected chi connectivity index (χ2v) is 3.95. The third-order valence-electron chi connectivity index (χ3n) is 2.60. The molecule has 0 unspecified atom stereocenters. The van der Waals surface area contributed by atoms with Gasteiger partial charge in [-0.25, -0.2) is 9.97 Å². The Balaban J connectivity index is 2.24. The Labute approximate surface area is 106 Å². The average Bonchev–Trinajstić information content (AvgIpc) is 2.40. The molecule has 1 aromatic carbocycles. The number of rotatable bonds is 4. The number of nitrogen functional groups attached to an aromatic ring is 1. The Morgan fingerprint density at radius 1 is 1.22 bits per heavy atom. The summed E-state index contributed by atoms with van der Waals surface area (Å²) in [6.45, 7) is 0.575. The second-order valence-electron chi connectivity index (χ2n) is 3.95. The summed E-state index contributed by atoms with van der Waals surface area (Å²) in [5, 5.41) is 7.57. The molecule has 0 amide bonds. The highest BCUT2D eigenvalue weighted by atomic mass is 15.1. The molecule has 0 aliphatic carbocycles. The number of nitrogens with zero attached hydrogens (tertiary/aromatic N) is 3. The lowest BCUT2D eigenvalue weighted by Gasteiger charge is -2.21. The zero-order valence-electron chi connectivity index (χ0n) is 10.2. The zero-order valence-corrected chi connectivity index (χ0v) is 10.2. The lowest BCUT2D eigenvalue weighted by molar-refractivity contribution is 0.836. The van der Waals surface area contributed by atoms with E-state index in [1.54, 1.807) is 18.5 Å². The molecule has 2 rings (SSSR count). The van der Waals surface area contributed by atoms with Gasteiger partial charge in [-0.2, -0.15) is 0 Å². The fourth-order valence-corrected chi connectivity index (χ4v) is 1.74. The Hall–Kier alpha value is -2.43. The zero-order chi connectivity index (χ0) is 13.0. The van der Waals surface area contributed by atoms with E-state index in [1.807, 2.05) is 36.2 Å². The van der Waals surface area contributed by atoms with Crippen LogP contribution in [0.2, 0.25) is 0 Å². The number of nitrogens with two attached hydrogens (primary N) is 1. The minimum absolute atomic E-state index is 0.0615. The van der Waals surface area contributed by atoms with Crippen molar-refractivity contribution in [2.24, 2.45) is 5.73 Å². The van der Waals surface area contributed by atoms with E-state index >= 15 is 0 Å². The van der Waals surface area contributed by atoms with Gasteiger partial charge in [0.25, 0.3) is 0 Å². The molecule has 0 radical (unpaired) electrons. The van der Waals surface area contributed by atoms with Gasteiger partial charge in [0.1, 0.15) is 11.7 Å². The molecule has 5 heteroatoms. The predicted octanol–water partition coefficient (Wildman–Crippen LogP) is 1.40. The molecule has 2 aromatic rings. The van der Waals surface area contributed by atoms with Gasteiger partial charge in [0.2, 0.25) is 0 Å². The van der Waals surface area contributed by atoms with Gasteiger partial charge in [0, 0.05) is 30.7 Å². The van der Waals surface area contributed by atoms with Crippen molar-refractivity contribution in [1.29, 1.82) is 5.41 Å². The Morgan fingerprint density at radius 3 is 2.56 bits per heavy atom. The maximum absolute atomic E-state index is 7.57. The van der Waals surface area contributed by atoms with Gasteiger partial charge >= 0.3 is 0 Å². The fourth-order valence-electron chi connectivity index (χ4n) is 1.74. The summed E-state index contributed by atoms with van der Waals surface area (Å²) in [5.41, 5.74) is 7.19. The van der Waals surface area contributed by atoms with Crippen molar-refractivity contribution >= 4 is 11.5 Å². The molecule has 0 fully saturated rings. The number of hydrogen-bond donors (Lipinski definition) is 2. The average molecular weight is 241 g/mol. The molecule has 0 aliphatic heterocycles.